The van der Waals surface area contributed by atoms with E-state index in [1.54, 1.807) is 7.11 Å². The van der Waals surface area contributed by atoms with Crippen LogP contribution in [0.2, 0.25) is 0 Å². The molecule has 0 aromatic rings. The smallest absolute Gasteiger partial charge is 0.326 e. The topological polar surface area (TPSA) is 66.0 Å². The van der Waals surface area contributed by atoms with Gasteiger partial charge in [-0.15, -0.1) is 0 Å². The number of ether oxygens (including phenoxy) is 4. The lowest BCUT2D eigenvalue weighted by molar-refractivity contribution is -0.149. The fourth-order valence-corrected chi connectivity index (χ4v) is 2.85. The molecule has 0 radical (unpaired) electrons. The fraction of sp³-hybridized carbons (Fsp3) is 0.933. The van der Waals surface area contributed by atoms with E-state index in [9.17, 15) is 4.79 Å². The summed E-state index contributed by atoms with van der Waals surface area (Å²) >= 11 is 0. The first-order valence-corrected chi connectivity index (χ1v) is 7.74. The second-order valence-electron chi connectivity index (χ2n) is 5.83. The maximum atomic E-state index is 12.1. The molecular weight excluding hydrogens is 274 g/mol. The SMILES string of the molecule is COCCOCCOC1CCC(NC2CC2)(C(=O)OC)C1. The summed E-state index contributed by atoms with van der Waals surface area (Å²) in [6, 6.07) is 0.472. The van der Waals surface area contributed by atoms with Gasteiger partial charge < -0.3 is 18.9 Å². The molecule has 0 amide bonds. The summed E-state index contributed by atoms with van der Waals surface area (Å²) in [5, 5.41) is 3.46. The standard InChI is InChI=1S/C15H27NO5/c1-18-7-8-20-9-10-21-13-5-6-15(11-13,14(17)19-2)16-12-3-4-12/h12-13,16H,3-11H2,1-2H3. The average Bonchev–Trinajstić information content (AvgIpc) is 3.20. The van der Waals surface area contributed by atoms with Gasteiger partial charge in [-0.2, -0.15) is 0 Å². The molecule has 1 N–H and O–H groups in total. The van der Waals surface area contributed by atoms with Crippen LogP contribution in [0.4, 0.5) is 0 Å². The van der Waals surface area contributed by atoms with Crippen LogP contribution in [0, 0.1) is 0 Å². The highest BCUT2D eigenvalue weighted by molar-refractivity contribution is 5.81. The molecule has 2 fully saturated rings. The van der Waals surface area contributed by atoms with Crippen LogP contribution < -0.4 is 5.32 Å². The molecule has 0 aromatic heterocycles. The van der Waals surface area contributed by atoms with Gasteiger partial charge in [-0.3, -0.25) is 10.1 Å². The Morgan fingerprint density at radius 3 is 2.57 bits per heavy atom. The Labute approximate surface area is 126 Å². The van der Waals surface area contributed by atoms with Gasteiger partial charge in [0.15, 0.2) is 0 Å². The Morgan fingerprint density at radius 2 is 1.90 bits per heavy atom. The molecule has 0 aliphatic heterocycles. The molecule has 2 unspecified atom stereocenters. The summed E-state index contributed by atoms with van der Waals surface area (Å²) in [7, 11) is 3.11. The van der Waals surface area contributed by atoms with Crippen LogP contribution in [0.3, 0.4) is 0 Å². The Bertz CT molecular complexity index is 334. The summed E-state index contributed by atoms with van der Waals surface area (Å²) in [4.78, 5) is 12.1. The summed E-state index contributed by atoms with van der Waals surface area (Å²) in [5.74, 6) is -0.156. The minimum Gasteiger partial charge on any atom is -0.468 e. The van der Waals surface area contributed by atoms with Crippen molar-refractivity contribution in [3.63, 3.8) is 0 Å². The number of nitrogens with one attached hydrogen (secondary N) is 1. The zero-order valence-corrected chi connectivity index (χ0v) is 13.1. The van der Waals surface area contributed by atoms with Crippen molar-refractivity contribution in [3.8, 4) is 0 Å². The van der Waals surface area contributed by atoms with Gasteiger partial charge in [-0.05, 0) is 25.7 Å². The minimum absolute atomic E-state index is 0.0985. The molecule has 0 heterocycles. The van der Waals surface area contributed by atoms with Crippen LogP contribution in [0.1, 0.15) is 32.1 Å². The number of rotatable bonds is 10. The van der Waals surface area contributed by atoms with Crippen molar-refractivity contribution in [2.75, 3.05) is 40.6 Å². The molecule has 2 aliphatic rings. The number of carbonyl (C=O) groups excluding carboxylic acids is 1. The molecule has 2 atom stereocenters. The normalized spacial score (nSPS) is 28.8. The maximum Gasteiger partial charge on any atom is 0.326 e. The van der Waals surface area contributed by atoms with E-state index in [2.05, 4.69) is 5.32 Å². The summed E-state index contributed by atoms with van der Waals surface area (Å²) in [5.41, 5.74) is -0.544. The Hall–Kier alpha value is -0.690. The Balaban J connectivity index is 1.70. The number of hydrogen-bond acceptors (Lipinski definition) is 6. The molecule has 2 aliphatic carbocycles. The van der Waals surface area contributed by atoms with E-state index in [0.29, 0.717) is 38.9 Å². The van der Waals surface area contributed by atoms with Gasteiger partial charge in [0.2, 0.25) is 0 Å². The molecule has 0 bridgehead atoms. The van der Waals surface area contributed by atoms with Gasteiger partial charge in [0.1, 0.15) is 5.54 Å². The third-order valence-corrected chi connectivity index (χ3v) is 4.12. The zero-order chi connectivity index (χ0) is 15.1. The second kappa shape index (κ2) is 8.08. The van der Waals surface area contributed by atoms with E-state index < -0.39 is 5.54 Å². The molecule has 122 valence electrons. The number of hydrogen-bond donors (Lipinski definition) is 1. The van der Waals surface area contributed by atoms with Gasteiger partial charge in [-0.25, -0.2) is 0 Å². The average molecular weight is 301 g/mol. The lowest BCUT2D eigenvalue weighted by Crippen LogP contribution is -2.52. The Morgan fingerprint density at radius 1 is 1.14 bits per heavy atom. The molecule has 6 nitrogen and oxygen atoms in total. The van der Waals surface area contributed by atoms with E-state index in [4.69, 9.17) is 18.9 Å². The zero-order valence-electron chi connectivity index (χ0n) is 13.1. The van der Waals surface area contributed by atoms with E-state index in [-0.39, 0.29) is 12.1 Å². The highest BCUT2D eigenvalue weighted by atomic mass is 16.5. The van der Waals surface area contributed by atoms with Gasteiger partial charge in [0, 0.05) is 19.6 Å². The van der Waals surface area contributed by atoms with Crippen molar-refractivity contribution in [2.24, 2.45) is 0 Å². The van der Waals surface area contributed by atoms with Crippen molar-refractivity contribution in [3.05, 3.63) is 0 Å². The van der Waals surface area contributed by atoms with Crippen molar-refractivity contribution in [1.29, 1.82) is 0 Å². The van der Waals surface area contributed by atoms with E-state index in [1.807, 2.05) is 0 Å². The highest BCUT2D eigenvalue weighted by Gasteiger charge is 2.49. The van der Waals surface area contributed by atoms with Gasteiger partial charge in [-0.1, -0.05) is 0 Å². The van der Waals surface area contributed by atoms with Crippen LogP contribution in [0.15, 0.2) is 0 Å². The molecule has 0 spiro atoms. The number of esters is 1. The van der Waals surface area contributed by atoms with E-state index in [1.165, 1.54) is 7.11 Å². The minimum atomic E-state index is -0.544. The molecule has 6 heteroatoms. The first-order valence-electron chi connectivity index (χ1n) is 7.74. The maximum absolute atomic E-state index is 12.1. The molecule has 2 rings (SSSR count). The van der Waals surface area contributed by atoms with E-state index >= 15 is 0 Å². The van der Waals surface area contributed by atoms with Crippen molar-refractivity contribution >= 4 is 5.97 Å². The summed E-state index contributed by atoms with van der Waals surface area (Å²) in [6.45, 7) is 2.29. The van der Waals surface area contributed by atoms with Crippen LogP contribution in [0.5, 0.6) is 0 Å². The number of methoxy groups -OCH3 is 2. The molecular formula is C15H27NO5. The third kappa shape index (κ3) is 4.92. The predicted octanol–water partition coefficient (Wildman–Crippen LogP) is 0.882. The van der Waals surface area contributed by atoms with Crippen LogP contribution in [-0.4, -0.2) is 64.3 Å². The summed E-state index contributed by atoms with van der Waals surface area (Å²) < 4.78 is 21.1. The van der Waals surface area contributed by atoms with Gasteiger partial charge in [0.25, 0.3) is 0 Å². The predicted molar refractivity (Wildman–Crippen MR) is 77.2 cm³/mol. The van der Waals surface area contributed by atoms with Crippen molar-refractivity contribution < 1.29 is 23.7 Å². The molecule has 0 saturated heterocycles. The van der Waals surface area contributed by atoms with Crippen LogP contribution in [0.25, 0.3) is 0 Å². The van der Waals surface area contributed by atoms with Gasteiger partial charge in [0.05, 0.1) is 39.6 Å². The summed E-state index contributed by atoms with van der Waals surface area (Å²) in [6.07, 6.45) is 4.75. The third-order valence-electron chi connectivity index (χ3n) is 4.12. The first kappa shape index (κ1) is 16.7. The van der Waals surface area contributed by atoms with Gasteiger partial charge >= 0.3 is 5.97 Å². The van der Waals surface area contributed by atoms with Crippen molar-refractivity contribution in [1.82, 2.24) is 5.32 Å². The lowest BCUT2D eigenvalue weighted by Gasteiger charge is -2.27. The van der Waals surface area contributed by atoms with Crippen LogP contribution in [-0.2, 0) is 23.7 Å². The highest BCUT2D eigenvalue weighted by Crippen LogP contribution is 2.36. The lowest BCUT2D eigenvalue weighted by atomic mass is 9.97. The second-order valence-corrected chi connectivity index (χ2v) is 5.83. The van der Waals surface area contributed by atoms with E-state index in [0.717, 1.165) is 25.7 Å². The largest absolute Gasteiger partial charge is 0.468 e. The Kier molecular flexibility index (Phi) is 6.41. The molecule has 0 aromatic carbocycles. The quantitative estimate of drug-likeness (QED) is 0.477. The number of carbonyl (C=O) groups is 1. The molecule has 2 saturated carbocycles. The van der Waals surface area contributed by atoms with Crippen molar-refractivity contribution in [2.45, 2.75) is 49.8 Å². The van der Waals surface area contributed by atoms with Crippen LogP contribution >= 0.6 is 0 Å². The molecule has 21 heavy (non-hydrogen) atoms. The fourth-order valence-electron chi connectivity index (χ4n) is 2.85. The monoisotopic (exact) mass is 301 g/mol. The first-order chi connectivity index (χ1) is 10.2.